The highest BCUT2D eigenvalue weighted by atomic mass is 32.2. The molecule has 0 aliphatic carbocycles. The molecule has 2 atom stereocenters. The zero-order valence-corrected chi connectivity index (χ0v) is 12.4. The monoisotopic (exact) mass is 266 g/mol. The maximum atomic E-state index is 11.8. The maximum absolute atomic E-state index is 11.8. The van der Waals surface area contributed by atoms with Crippen LogP contribution >= 0.6 is 11.8 Å². The van der Waals surface area contributed by atoms with Crippen LogP contribution in [0.4, 0.5) is 0 Å². The first-order chi connectivity index (χ1) is 8.56. The highest BCUT2D eigenvalue weighted by molar-refractivity contribution is 7.99. The Morgan fingerprint density at radius 2 is 1.78 bits per heavy atom. The molecule has 0 bridgehead atoms. The summed E-state index contributed by atoms with van der Waals surface area (Å²) in [6, 6.07) is 7.67. The highest BCUT2D eigenvalue weighted by Crippen LogP contribution is 2.25. The second kappa shape index (κ2) is 7.47. The third-order valence-electron chi connectivity index (χ3n) is 2.89. The molecule has 0 spiro atoms. The lowest BCUT2D eigenvalue weighted by atomic mass is 10.2. The molecular formula is C15H22O2S. The second-order valence-corrected chi connectivity index (χ2v) is 6.00. The van der Waals surface area contributed by atoms with Crippen molar-refractivity contribution in [1.82, 2.24) is 0 Å². The Morgan fingerprint density at radius 1 is 1.17 bits per heavy atom. The average molecular weight is 266 g/mol. The molecule has 1 aromatic rings. The summed E-state index contributed by atoms with van der Waals surface area (Å²) < 4.78 is 5.28. The Kier molecular flexibility index (Phi) is 6.27. The van der Waals surface area contributed by atoms with Gasteiger partial charge in [0.15, 0.2) is 0 Å². The molecule has 1 aromatic carbocycles. The zero-order valence-electron chi connectivity index (χ0n) is 11.6. The Morgan fingerprint density at radius 3 is 2.28 bits per heavy atom. The number of carbonyl (C=O) groups excluding carboxylic acids is 1. The van der Waals surface area contributed by atoms with E-state index in [0.717, 1.165) is 12.8 Å². The largest absolute Gasteiger partial charge is 0.459 e. The number of thioether (sulfide) groups is 1. The molecule has 0 N–H and O–H groups in total. The minimum Gasteiger partial charge on any atom is -0.459 e. The zero-order chi connectivity index (χ0) is 13.5. The first-order valence-electron chi connectivity index (χ1n) is 6.54. The predicted octanol–water partition coefficient (Wildman–Crippen LogP) is 4.53. The van der Waals surface area contributed by atoms with Gasteiger partial charge in [0.1, 0.15) is 0 Å². The number of esters is 1. The van der Waals surface area contributed by atoms with Gasteiger partial charge in [-0.25, -0.2) is 4.79 Å². The summed E-state index contributed by atoms with van der Waals surface area (Å²) in [5.41, 5.74) is 0.629. The van der Waals surface area contributed by atoms with Gasteiger partial charge in [-0.05, 0) is 44.0 Å². The maximum Gasteiger partial charge on any atom is 0.338 e. The average Bonchev–Trinajstić information content (AvgIpc) is 2.39. The molecule has 2 nitrogen and oxygen atoms in total. The lowest BCUT2D eigenvalue weighted by Crippen LogP contribution is -2.13. The van der Waals surface area contributed by atoms with Crippen LogP contribution in [0.2, 0.25) is 0 Å². The molecule has 0 amide bonds. The van der Waals surface area contributed by atoms with Crippen molar-refractivity contribution < 1.29 is 9.53 Å². The molecule has 2 unspecified atom stereocenters. The van der Waals surface area contributed by atoms with Crippen molar-refractivity contribution >= 4 is 17.7 Å². The van der Waals surface area contributed by atoms with Gasteiger partial charge in [0.05, 0.1) is 11.7 Å². The van der Waals surface area contributed by atoms with E-state index in [1.165, 1.54) is 4.90 Å². The number of ether oxygens (including phenoxy) is 1. The Balaban J connectivity index is 2.62. The topological polar surface area (TPSA) is 26.3 Å². The van der Waals surface area contributed by atoms with E-state index in [2.05, 4.69) is 13.8 Å². The molecule has 100 valence electrons. The Hall–Kier alpha value is -0.960. The van der Waals surface area contributed by atoms with Crippen LogP contribution in [0.25, 0.3) is 0 Å². The quantitative estimate of drug-likeness (QED) is 0.559. The van der Waals surface area contributed by atoms with Crippen molar-refractivity contribution in [3.8, 4) is 0 Å². The molecule has 0 saturated carbocycles. The molecule has 1 rings (SSSR count). The summed E-state index contributed by atoms with van der Waals surface area (Å²) in [4.78, 5) is 13.0. The van der Waals surface area contributed by atoms with Crippen LogP contribution in [0.15, 0.2) is 29.2 Å². The summed E-state index contributed by atoms with van der Waals surface area (Å²) in [5, 5.41) is 0.600. The third kappa shape index (κ3) is 4.73. The van der Waals surface area contributed by atoms with E-state index in [-0.39, 0.29) is 12.1 Å². The molecule has 0 aliphatic rings. The van der Waals surface area contributed by atoms with E-state index < -0.39 is 0 Å². The number of hydrogen-bond donors (Lipinski definition) is 0. The lowest BCUT2D eigenvalue weighted by Gasteiger charge is -2.11. The fraction of sp³-hybridized carbons (Fsp3) is 0.533. The molecular weight excluding hydrogens is 244 g/mol. The molecule has 0 saturated heterocycles. The second-order valence-electron chi connectivity index (χ2n) is 4.49. The lowest BCUT2D eigenvalue weighted by molar-refractivity contribution is 0.0334. The standard InChI is InChI=1S/C15H22O2S/c1-5-11(3)17-15(16)13-7-9-14(10-8-13)18-12(4)6-2/h7-12H,5-6H2,1-4H3. The van der Waals surface area contributed by atoms with Gasteiger partial charge >= 0.3 is 5.97 Å². The fourth-order valence-corrected chi connectivity index (χ4v) is 2.24. The van der Waals surface area contributed by atoms with E-state index in [4.69, 9.17) is 4.74 Å². The van der Waals surface area contributed by atoms with Gasteiger partial charge in [-0.1, -0.05) is 20.8 Å². The molecule has 3 heteroatoms. The third-order valence-corrected chi connectivity index (χ3v) is 4.17. The number of hydrogen-bond acceptors (Lipinski definition) is 3. The van der Waals surface area contributed by atoms with Gasteiger partial charge in [-0.15, -0.1) is 11.8 Å². The molecule has 18 heavy (non-hydrogen) atoms. The minimum atomic E-state index is -0.232. The molecule has 0 heterocycles. The number of carbonyl (C=O) groups is 1. The van der Waals surface area contributed by atoms with Crippen LogP contribution in [0.3, 0.4) is 0 Å². The molecule has 0 aliphatic heterocycles. The predicted molar refractivity (Wildman–Crippen MR) is 77.2 cm³/mol. The van der Waals surface area contributed by atoms with Gasteiger partial charge in [0.2, 0.25) is 0 Å². The van der Waals surface area contributed by atoms with Crippen LogP contribution in [0, 0.1) is 0 Å². The van der Waals surface area contributed by atoms with Gasteiger partial charge in [0, 0.05) is 10.1 Å². The van der Waals surface area contributed by atoms with Crippen LogP contribution in [0.1, 0.15) is 50.9 Å². The Labute approximate surface area is 114 Å². The highest BCUT2D eigenvalue weighted by Gasteiger charge is 2.10. The summed E-state index contributed by atoms with van der Waals surface area (Å²) in [5.74, 6) is -0.232. The fourth-order valence-electron chi connectivity index (χ4n) is 1.32. The first-order valence-corrected chi connectivity index (χ1v) is 7.42. The van der Waals surface area contributed by atoms with E-state index in [1.54, 1.807) is 0 Å². The first kappa shape index (κ1) is 15.1. The van der Waals surface area contributed by atoms with Crippen molar-refractivity contribution in [2.24, 2.45) is 0 Å². The van der Waals surface area contributed by atoms with Gasteiger partial charge in [0.25, 0.3) is 0 Å². The number of benzene rings is 1. The minimum absolute atomic E-state index is 0.0216. The van der Waals surface area contributed by atoms with Crippen LogP contribution < -0.4 is 0 Å². The van der Waals surface area contributed by atoms with Crippen LogP contribution in [-0.4, -0.2) is 17.3 Å². The summed E-state index contributed by atoms with van der Waals surface area (Å²) in [6.07, 6.45) is 1.96. The van der Waals surface area contributed by atoms with E-state index in [0.29, 0.717) is 10.8 Å². The molecule has 0 fully saturated rings. The number of rotatable bonds is 6. The van der Waals surface area contributed by atoms with Gasteiger partial charge < -0.3 is 4.74 Å². The van der Waals surface area contributed by atoms with Gasteiger partial charge in [-0.2, -0.15) is 0 Å². The van der Waals surface area contributed by atoms with Crippen molar-refractivity contribution in [3.05, 3.63) is 29.8 Å². The Bertz CT molecular complexity index is 373. The van der Waals surface area contributed by atoms with E-state index >= 15 is 0 Å². The van der Waals surface area contributed by atoms with Crippen molar-refractivity contribution in [2.75, 3.05) is 0 Å². The smallest absolute Gasteiger partial charge is 0.338 e. The summed E-state index contributed by atoms with van der Waals surface area (Å²) >= 11 is 1.83. The summed E-state index contributed by atoms with van der Waals surface area (Å²) in [7, 11) is 0. The molecule has 0 radical (unpaired) electrons. The van der Waals surface area contributed by atoms with E-state index in [1.807, 2.05) is 49.9 Å². The van der Waals surface area contributed by atoms with E-state index in [9.17, 15) is 4.79 Å². The SMILES string of the molecule is CCC(C)OC(=O)c1ccc(SC(C)CC)cc1. The normalized spacial score (nSPS) is 14.0. The van der Waals surface area contributed by atoms with Crippen LogP contribution in [0.5, 0.6) is 0 Å². The van der Waals surface area contributed by atoms with Crippen LogP contribution in [-0.2, 0) is 4.74 Å². The molecule has 0 aromatic heterocycles. The van der Waals surface area contributed by atoms with Crippen molar-refractivity contribution in [3.63, 3.8) is 0 Å². The van der Waals surface area contributed by atoms with Gasteiger partial charge in [-0.3, -0.25) is 0 Å². The van der Waals surface area contributed by atoms with Crippen molar-refractivity contribution in [1.29, 1.82) is 0 Å². The van der Waals surface area contributed by atoms with Crippen molar-refractivity contribution in [2.45, 2.75) is 56.8 Å². The summed E-state index contributed by atoms with van der Waals surface area (Å²) in [6.45, 7) is 8.29.